The minimum atomic E-state index is -0.718. The summed E-state index contributed by atoms with van der Waals surface area (Å²) in [5.41, 5.74) is 0. The molecule has 0 aliphatic rings. The van der Waals surface area contributed by atoms with Crippen molar-refractivity contribution in [3.63, 3.8) is 0 Å². The number of carbonyl (C=O) groups excluding carboxylic acids is 1. The Balaban J connectivity index is 1.81. The predicted molar refractivity (Wildman–Crippen MR) is 81.6 cm³/mol. The molecule has 0 radical (unpaired) electrons. The number of aromatic amines is 1. The molecule has 1 unspecified atom stereocenters. The van der Waals surface area contributed by atoms with Crippen molar-refractivity contribution in [2.45, 2.75) is 19.4 Å². The smallest absolute Gasteiger partial charge is 0.260 e. The highest BCUT2D eigenvalue weighted by molar-refractivity contribution is 7.71. The van der Waals surface area contributed by atoms with Gasteiger partial charge in [-0.25, -0.2) is 4.39 Å². The lowest BCUT2D eigenvalue weighted by Gasteiger charge is -2.14. The number of nitrogens with zero attached hydrogens (tertiary/aromatic N) is 2. The van der Waals surface area contributed by atoms with E-state index in [0.717, 1.165) is 5.82 Å². The first-order valence-corrected chi connectivity index (χ1v) is 7.18. The van der Waals surface area contributed by atoms with Crippen molar-refractivity contribution in [2.75, 3.05) is 6.54 Å². The highest BCUT2D eigenvalue weighted by atomic mass is 32.1. The second-order valence-electron chi connectivity index (χ2n) is 4.76. The molecular formula is C14H17FN4O2S. The summed E-state index contributed by atoms with van der Waals surface area (Å²) in [6.07, 6.45) is -0.175. The van der Waals surface area contributed by atoms with Crippen molar-refractivity contribution >= 4 is 18.1 Å². The zero-order chi connectivity index (χ0) is 16.1. The Labute approximate surface area is 132 Å². The quantitative estimate of drug-likeness (QED) is 0.794. The third-order valence-corrected chi connectivity index (χ3v) is 3.46. The van der Waals surface area contributed by atoms with Crippen molar-refractivity contribution in [3.05, 3.63) is 40.7 Å². The Morgan fingerprint density at radius 1 is 1.59 bits per heavy atom. The van der Waals surface area contributed by atoms with E-state index in [1.54, 1.807) is 24.6 Å². The van der Waals surface area contributed by atoms with Gasteiger partial charge >= 0.3 is 0 Å². The molecule has 0 saturated heterocycles. The zero-order valence-electron chi connectivity index (χ0n) is 12.3. The highest BCUT2D eigenvalue weighted by Crippen LogP contribution is 2.13. The molecule has 0 aliphatic carbocycles. The highest BCUT2D eigenvalue weighted by Gasteiger charge is 2.14. The van der Waals surface area contributed by atoms with Crippen molar-refractivity contribution in [3.8, 4) is 5.75 Å². The molecule has 1 heterocycles. The second kappa shape index (κ2) is 7.17. The summed E-state index contributed by atoms with van der Waals surface area (Å²) in [6.45, 7) is 2.01. The third-order valence-electron chi connectivity index (χ3n) is 3.10. The van der Waals surface area contributed by atoms with Crippen LogP contribution in [0.3, 0.4) is 0 Å². The first-order valence-electron chi connectivity index (χ1n) is 6.77. The van der Waals surface area contributed by atoms with E-state index in [1.165, 1.54) is 18.2 Å². The molecule has 1 aromatic heterocycles. The molecule has 2 aromatic rings. The van der Waals surface area contributed by atoms with Gasteiger partial charge in [0.15, 0.2) is 10.9 Å². The van der Waals surface area contributed by atoms with E-state index in [0.29, 0.717) is 23.5 Å². The average molecular weight is 324 g/mol. The number of carbonyl (C=O) groups is 1. The number of halogens is 1. The van der Waals surface area contributed by atoms with Gasteiger partial charge in [-0.3, -0.25) is 9.89 Å². The Hall–Kier alpha value is -2.22. The molecule has 0 saturated carbocycles. The lowest BCUT2D eigenvalue weighted by molar-refractivity contribution is -0.127. The summed E-state index contributed by atoms with van der Waals surface area (Å²) in [7, 11) is 1.80. The molecule has 2 N–H and O–H groups in total. The fourth-order valence-corrected chi connectivity index (χ4v) is 1.99. The lowest BCUT2D eigenvalue weighted by Crippen LogP contribution is -2.37. The topological polar surface area (TPSA) is 71.9 Å². The first kappa shape index (κ1) is 16.2. The van der Waals surface area contributed by atoms with E-state index in [2.05, 4.69) is 15.5 Å². The lowest BCUT2D eigenvalue weighted by atomic mass is 10.3. The van der Waals surface area contributed by atoms with Crippen molar-refractivity contribution in [1.82, 2.24) is 20.1 Å². The van der Waals surface area contributed by atoms with E-state index < -0.39 is 11.9 Å². The fourth-order valence-electron chi connectivity index (χ4n) is 1.84. The summed E-state index contributed by atoms with van der Waals surface area (Å²) >= 11 is 5.01. The largest absolute Gasteiger partial charge is 0.481 e. The van der Waals surface area contributed by atoms with Crippen LogP contribution in [0.4, 0.5) is 4.39 Å². The van der Waals surface area contributed by atoms with E-state index in [1.807, 2.05) is 0 Å². The number of benzene rings is 1. The van der Waals surface area contributed by atoms with Crippen molar-refractivity contribution in [2.24, 2.45) is 7.05 Å². The van der Waals surface area contributed by atoms with Gasteiger partial charge in [0.1, 0.15) is 17.4 Å². The van der Waals surface area contributed by atoms with Crippen molar-refractivity contribution < 1.29 is 13.9 Å². The van der Waals surface area contributed by atoms with E-state index in [4.69, 9.17) is 17.0 Å². The molecule has 0 fully saturated rings. The summed E-state index contributed by atoms with van der Waals surface area (Å²) < 4.78 is 20.7. The molecule has 1 amide bonds. The van der Waals surface area contributed by atoms with Gasteiger partial charge in [0, 0.05) is 26.1 Å². The maximum absolute atomic E-state index is 13.0. The van der Waals surface area contributed by atoms with Gasteiger partial charge in [0.2, 0.25) is 0 Å². The Bertz CT molecular complexity index is 713. The number of aromatic nitrogens is 3. The number of amides is 1. The minimum absolute atomic E-state index is 0.277. The van der Waals surface area contributed by atoms with Crippen LogP contribution in [0, 0.1) is 10.6 Å². The maximum atomic E-state index is 13.0. The summed E-state index contributed by atoms with van der Waals surface area (Å²) in [4.78, 5) is 11.9. The van der Waals surface area contributed by atoms with Crippen LogP contribution in [0.5, 0.6) is 5.75 Å². The third kappa shape index (κ3) is 4.14. The number of nitrogens with one attached hydrogen (secondary N) is 2. The van der Waals surface area contributed by atoms with Gasteiger partial charge in [0.05, 0.1) is 0 Å². The van der Waals surface area contributed by atoms with Gasteiger partial charge < -0.3 is 14.6 Å². The molecular weight excluding hydrogens is 307 g/mol. The van der Waals surface area contributed by atoms with Crippen LogP contribution in [0.2, 0.25) is 0 Å². The molecule has 118 valence electrons. The van der Waals surface area contributed by atoms with Crippen molar-refractivity contribution in [1.29, 1.82) is 0 Å². The van der Waals surface area contributed by atoms with E-state index in [-0.39, 0.29) is 5.91 Å². The number of H-pyrrole nitrogens is 1. The SMILES string of the molecule is CC(Oc1cccc(F)c1)C(=O)NCCc1n[nH]c(=S)n1C. The molecule has 22 heavy (non-hydrogen) atoms. The first-order chi connectivity index (χ1) is 10.5. The molecule has 0 spiro atoms. The molecule has 2 rings (SSSR count). The molecule has 6 nitrogen and oxygen atoms in total. The fraction of sp³-hybridized carbons (Fsp3) is 0.357. The van der Waals surface area contributed by atoms with Gasteiger partial charge in [-0.15, -0.1) is 0 Å². The minimum Gasteiger partial charge on any atom is -0.481 e. The number of rotatable bonds is 6. The molecule has 0 aliphatic heterocycles. The Kier molecular flexibility index (Phi) is 5.26. The van der Waals surface area contributed by atoms with Gasteiger partial charge in [-0.05, 0) is 31.3 Å². The van der Waals surface area contributed by atoms with E-state index >= 15 is 0 Å². The molecule has 1 atom stereocenters. The number of hydrogen-bond acceptors (Lipinski definition) is 4. The number of ether oxygens (including phenoxy) is 1. The second-order valence-corrected chi connectivity index (χ2v) is 5.15. The van der Waals surface area contributed by atoms with Gasteiger partial charge in [0.25, 0.3) is 5.91 Å². The van der Waals surface area contributed by atoms with Crippen LogP contribution in [-0.4, -0.2) is 33.3 Å². The van der Waals surface area contributed by atoms with Crippen LogP contribution >= 0.6 is 12.2 Å². The van der Waals surface area contributed by atoms with Crippen LogP contribution in [0.1, 0.15) is 12.7 Å². The zero-order valence-corrected chi connectivity index (χ0v) is 13.1. The molecule has 1 aromatic carbocycles. The van der Waals surface area contributed by atoms with Crippen LogP contribution in [0.25, 0.3) is 0 Å². The predicted octanol–water partition coefficient (Wildman–Crippen LogP) is 1.74. The standard InChI is InChI=1S/C14H17FN4O2S/c1-9(21-11-5-3-4-10(15)8-11)13(20)16-7-6-12-17-18-14(22)19(12)2/h3-5,8-9H,6-7H2,1-2H3,(H,16,20)(H,18,22). The van der Waals surface area contributed by atoms with Gasteiger partial charge in [-0.2, -0.15) is 5.10 Å². The maximum Gasteiger partial charge on any atom is 0.260 e. The normalized spacial score (nSPS) is 12.0. The number of hydrogen-bond donors (Lipinski definition) is 2. The van der Waals surface area contributed by atoms with Crippen LogP contribution in [-0.2, 0) is 18.3 Å². The van der Waals surface area contributed by atoms with E-state index in [9.17, 15) is 9.18 Å². The summed E-state index contributed by atoms with van der Waals surface area (Å²) in [6, 6.07) is 5.68. The summed E-state index contributed by atoms with van der Waals surface area (Å²) in [5.74, 6) is 0.387. The Morgan fingerprint density at radius 3 is 3.00 bits per heavy atom. The Morgan fingerprint density at radius 2 is 2.36 bits per heavy atom. The molecule has 0 bridgehead atoms. The molecule has 8 heteroatoms. The van der Waals surface area contributed by atoms with Crippen LogP contribution in [0.15, 0.2) is 24.3 Å². The van der Waals surface area contributed by atoms with Crippen LogP contribution < -0.4 is 10.1 Å². The van der Waals surface area contributed by atoms with Gasteiger partial charge in [-0.1, -0.05) is 6.07 Å². The summed E-state index contributed by atoms with van der Waals surface area (Å²) in [5, 5.41) is 9.48. The monoisotopic (exact) mass is 324 g/mol. The average Bonchev–Trinajstić information content (AvgIpc) is 2.79.